The van der Waals surface area contributed by atoms with Gasteiger partial charge in [-0.15, -0.1) is 0 Å². The quantitative estimate of drug-likeness (QED) is 0.791. The molecule has 0 radical (unpaired) electrons. The van der Waals surface area contributed by atoms with Crippen LogP contribution in [0.5, 0.6) is 11.5 Å². The fraction of sp³-hybridized carbons (Fsp3) is 0.188. The second-order valence-corrected chi connectivity index (χ2v) is 4.47. The number of halogens is 2. The minimum absolute atomic E-state index is 0.0712. The van der Waals surface area contributed by atoms with Crippen molar-refractivity contribution in [2.75, 3.05) is 13.7 Å². The van der Waals surface area contributed by atoms with Crippen molar-refractivity contribution in [1.82, 2.24) is 0 Å². The maximum Gasteiger partial charge on any atom is 0.200 e. The molecule has 21 heavy (non-hydrogen) atoms. The first kappa shape index (κ1) is 15.0. The zero-order chi connectivity index (χ0) is 15.4. The van der Waals surface area contributed by atoms with Crippen LogP contribution in [-0.2, 0) is 0 Å². The van der Waals surface area contributed by atoms with Gasteiger partial charge in [0.25, 0.3) is 0 Å². The van der Waals surface area contributed by atoms with Crippen LogP contribution in [0.3, 0.4) is 0 Å². The normalized spacial score (nSPS) is 10.3. The van der Waals surface area contributed by atoms with Gasteiger partial charge in [-0.2, -0.15) is 0 Å². The Hall–Kier alpha value is -2.43. The number of carbonyl (C=O) groups excluding carboxylic acids is 1. The first-order chi connectivity index (χ1) is 10.0. The van der Waals surface area contributed by atoms with Gasteiger partial charge in [0.1, 0.15) is 11.6 Å². The maximum atomic E-state index is 13.5. The Labute approximate surface area is 121 Å². The molecule has 2 rings (SSSR count). The van der Waals surface area contributed by atoms with Gasteiger partial charge in [0, 0.05) is 5.56 Å². The second kappa shape index (κ2) is 6.35. The van der Waals surface area contributed by atoms with Gasteiger partial charge in [0.05, 0.1) is 7.11 Å². The molecule has 0 aliphatic heterocycles. The average molecular weight is 292 g/mol. The zero-order valence-electron chi connectivity index (χ0n) is 11.7. The smallest absolute Gasteiger partial charge is 0.200 e. The number of ketones is 1. The largest absolute Gasteiger partial charge is 0.494 e. The van der Waals surface area contributed by atoms with Gasteiger partial charge in [0.15, 0.2) is 24.0 Å². The van der Waals surface area contributed by atoms with Gasteiger partial charge >= 0.3 is 0 Å². The summed E-state index contributed by atoms with van der Waals surface area (Å²) < 4.78 is 36.6. The van der Waals surface area contributed by atoms with Crippen LogP contribution < -0.4 is 9.47 Å². The topological polar surface area (TPSA) is 35.5 Å². The van der Waals surface area contributed by atoms with E-state index >= 15 is 0 Å². The molecule has 0 atom stereocenters. The SMILES string of the molecule is COc1ccc(C(=O)COc2ccc(F)cc2C)cc1F. The molecule has 0 unspecified atom stereocenters. The van der Waals surface area contributed by atoms with Gasteiger partial charge in [-0.1, -0.05) is 0 Å². The number of aryl methyl sites for hydroxylation is 1. The van der Waals surface area contributed by atoms with Crippen molar-refractivity contribution in [2.24, 2.45) is 0 Å². The summed E-state index contributed by atoms with van der Waals surface area (Å²) in [6.07, 6.45) is 0. The fourth-order valence-corrected chi connectivity index (χ4v) is 1.84. The fourth-order valence-electron chi connectivity index (χ4n) is 1.84. The number of ether oxygens (including phenoxy) is 2. The van der Waals surface area contributed by atoms with E-state index in [1.54, 1.807) is 6.92 Å². The molecule has 3 nitrogen and oxygen atoms in total. The Kier molecular flexibility index (Phi) is 4.52. The summed E-state index contributed by atoms with van der Waals surface area (Å²) in [7, 11) is 1.35. The number of carbonyl (C=O) groups is 1. The van der Waals surface area contributed by atoms with E-state index in [1.165, 1.54) is 37.4 Å². The Balaban J connectivity index is 2.06. The summed E-state index contributed by atoms with van der Waals surface area (Å²) in [5.41, 5.74) is 0.775. The third-order valence-electron chi connectivity index (χ3n) is 2.97. The molecular formula is C16H14F2O3. The van der Waals surface area contributed by atoms with Gasteiger partial charge in [-0.05, 0) is 48.9 Å². The third kappa shape index (κ3) is 3.56. The molecule has 0 aliphatic carbocycles. The van der Waals surface area contributed by atoms with Crippen LogP contribution in [0.1, 0.15) is 15.9 Å². The van der Waals surface area contributed by atoms with Gasteiger partial charge < -0.3 is 9.47 Å². The molecule has 0 heterocycles. The van der Waals surface area contributed by atoms with E-state index in [4.69, 9.17) is 9.47 Å². The first-order valence-corrected chi connectivity index (χ1v) is 6.27. The van der Waals surface area contributed by atoms with E-state index in [2.05, 4.69) is 0 Å². The molecule has 0 bridgehead atoms. The third-order valence-corrected chi connectivity index (χ3v) is 2.97. The van der Waals surface area contributed by atoms with E-state index < -0.39 is 5.82 Å². The molecule has 2 aromatic rings. The van der Waals surface area contributed by atoms with Crippen molar-refractivity contribution in [3.05, 3.63) is 59.2 Å². The Morgan fingerprint density at radius 3 is 2.43 bits per heavy atom. The highest BCUT2D eigenvalue weighted by Gasteiger charge is 2.11. The van der Waals surface area contributed by atoms with E-state index in [-0.39, 0.29) is 29.5 Å². The van der Waals surface area contributed by atoms with Crippen LogP contribution in [0.25, 0.3) is 0 Å². The highest BCUT2D eigenvalue weighted by atomic mass is 19.1. The molecule has 0 amide bonds. The van der Waals surface area contributed by atoms with Gasteiger partial charge in [-0.3, -0.25) is 4.79 Å². The second-order valence-electron chi connectivity index (χ2n) is 4.47. The number of hydrogen-bond donors (Lipinski definition) is 0. The van der Waals surface area contributed by atoms with Crippen LogP contribution in [-0.4, -0.2) is 19.5 Å². The van der Waals surface area contributed by atoms with Crippen LogP contribution in [0.15, 0.2) is 36.4 Å². The molecule has 5 heteroatoms. The number of hydrogen-bond acceptors (Lipinski definition) is 3. The van der Waals surface area contributed by atoms with Crippen molar-refractivity contribution in [3.63, 3.8) is 0 Å². The summed E-state index contributed by atoms with van der Waals surface area (Å²) in [5.74, 6) is -0.870. The number of rotatable bonds is 5. The van der Waals surface area contributed by atoms with Gasteiger partial charge in [0.2, 0.25) is 0 Å². The van der Waals surface area contributed by atoms with Crippen molar-refractivity contribution in [3.8, 4) is 11.5 Å². The lowest BCUT2D eigenvalue weighted by atomic mass is 10.1. The zero-order valence-corrected chi connectivity index (χ0v) is 11.7. The van der Waals surface area contributed by atoms with Crippen molar-refractivity contribution in [2.45, 2.75) is 6.92 Å². The van der Waals surface area contributed by atoms with Crippen LogP contribution >= 0.6 is 0 Å². The molecule has 0 N–H and O–H groups in total. The average Bonchev–Trinajstić information content (AvgIpc) is 2.46. The minimum atomic E-state index is -0.610. The first-order valence-electron chi connectivity index (χ1n) is 6.27. The predicted octanol–water partition coefficient (Wildman–Crippen LogP) is 3.54. The number of methoxy groups -OCH3 is 1. The maximum absolute atomic E-state index is 13.5. The van der Waals surface area contributed by atoms with E-state index in [0.717, 1.165) is 6.07 Å². The molecule has 0 saturated heterocycles. The minimum Gasteiger partial charge on any atom is -0.494 e. The standard InChI is InChI=1S/C16H14F2O3/c1-10-7-12(17)4-6-15(10)21-9-14(19)11-3-5-16(20-2)13(18)8-11/h3-8H,9H2,1-2H3. The van der Waals surface area contributed by atoms with Crippen molar-refractivity contribution < 1.29 is 23.0 Å². The van der Waals surface area contributed by atoms with Crippen molar-refractivity contribution >= 4 is 5.78 Å². The summed E-state index contributed by atoms with van der Waals surface area (Å²) in [5, 5.41) is 0. The lowest BCUT2D eigenvalue weighted by Crippen LogP contribution is -2.12. The Bertz CT molecular complexity index is 669. The highest BCUT2D eigenvalue weighted by molar-refractivity contribution is 5.97. The molecular weight excluding hydrogens is 278 g/mol. The molecule has 0 fully saturated rings. The molecule has 0 saturated carbocycles. The van der Waals surface area contributed by atoms with Crippen LogP contribution in [0, 0.1) is 18.6 Å². The molecule has 110 valence electrons. The number of Topliss-reactive ketones (excluding diaryl/α,β-unsaturated/α-hetero) is 1. The summed E-state index contributed by atoms with van der Waals surface area (Å²) in [6, 6.07) is 7.96. The molecule has 0 aliphatic rings. The summed E-state index contributed by atoms with van der Waals surface area (Å²) in [4.78, 5) is 11.9. The Morgan fingerprint density at radius 2 is 1.81 bits per heavy atom. The van der Waals surface area contributed by atoms with E-state index in [1.807, 2.05) is 0 Å². The molecule has 2 aromatic carbocycles. The monoisotopic (exact) mass is 292 g/mol. The molecule has 0 spiro atoms. The lowest BCUT2D eigenvalue weighted by Gasteiger charge is -2.09. The van der Waals surface area contributed by atoms with Crippen LogP contribution in [0.2, 0.25) is 0 Å². The lowest BCUT2D eigenvalue weighted by molar-refractivity contribution is 0.0920. The van der Waals surface area contributed by atoms with Crippen molar-refractivity contribution in [1.29, 1.82) is 0 Å². The van der Waals surface area contributed by atoms with E-state index in [0.29, 0.717) is 11.3 Å². The summed E-state index contributed by atoms with van der Waals surface area (Å²) >= 11 is 0. The Morgan fingerprint density at radius 1 is 1.10 bits per heavy atom. The van der Waals surface area contributed by atoms with Crippen LogP contribution in [0.4, 0.5) is 8.78 Å². The number of benzene rings is 2. The summed E-state index contributed by atoms with van der Waals surface area (Å²) in [6.45, 7) is 1.42. The predicted molar refractivity (Wildman–Crippen MR) is 73.9 cm³/mol. The van der Waals surface area contributed by atoms with Gasteiger partial charge in [-0.25, -0.2) is 8.78 Å². The molecule has 0 aromatic heterocycles. The van der Waals surface area contributed by atoms with E-state index in [9.17, 15) is 13.6 Å². The highest BCUT2D eigenvalue weighted by Crippen LogP contribution is 2.20.